The van der Waals surface area contributed by atoms with Gasteiger partial charge in [-0.05, 0) is 51.0 Å². The molecule has 142 valence electrons. The summed E-state index contributed by atoms with van der Waals surface area (Å²) in [4.78, 5) is 0. The van der Waals surface area contributed by atoms with E-state index in [0.29, 0.717) is 26.0 Å². The lowest BCUT2D eigenvalue weighted by Crippen LogP contribution is -2.34. The van der Waals surface area contributed by atoms with Crippen LogP contribution < -0.4 is 15.9 Å². The molecule has 0 aromatic heterocycles. The zero-order chi connectivity index (χ0) is 18.5. The second kappa shape index (κ2) is 13.0. The van der Waals surface area contributed by atoms with Crippen LogP contribution in [0, 0.1) is 0 Å². The summed E-state index contributed by atoms with van der Waals surface area (Å²) in [6.07, 6.45) is 3.43. The Morgan fingerprint density at radius 2 is 1.50 bits per heavy atom. The van der Waals surface area contributed by atoms with Gasteiger partial charge >= 0.3 is 0 Å². The number of benzene rings is 2. The average Bonchev–Trinajstić information content (AvgIpc) is 2.71. The third-order valence-electron chi connectivity index (χ3n) is 4.31. The van der Waals surface area contributed by atoms with Crippen LogP contribution in [0.5, 0.6) is 0 Å². The lowest BCUT2D eigenvalue weighted by molar-refractivity contribution is -0.0558. The Bertz CT molecular complexity index is 540. The van der Waals surface area contributed by atoms with Crippen molar-refractivity contribution in [2.24, 2.45) is 0 Å². The number of rotatable bonds is 13. The third kappa shape index (κ3) is 7.55. The topological polar surface area (TPSA) is 30.5 Å². The largest absolute Gasteiger partial charge is 0.356 e. The molecule has 0 bridgehead atoms. The number of hydrogen-bond acceptors (Lipinski definition) is 3. The summed E-state index contributed by atoms with van der Waals surface area (Å²) in [5.74, 6) is 0. The minimum Gasteiger partial charge on any atom is -0.356 e. The van der Waals surface area contributed by atoms with E-state index in [9.17, 15) is 0 Å². The van der Waals surface area contributed by atoms with Crippen molar-refractivity contribution in [2.45, 2.75) is 32.7 Å². The summed E-state index contributed by atoms with van der Waals surface area (Å²) in [7, 11) is -0.293. The molecule has 0 aliphatic carbocycles. The molecule has 0 amide bonds. The van der Waals surface area contributed by atoms with Crippen molar-refractivity contribution in [3.63, 3.8) is 0 Å². The smallest absolute Gasteiger partial charge is 0.146 e. The molecule has 0 saturated carbocycles. The zero-order valence-electron chi connectivity index (χ0n) is 16.1. The number of nitrogens with one attached hydrogen (secondary N) is 1. The Labute approximate surface area is 159 Å². The highest BCUT2D eigenvalue weighted by molar-refractivity contribution is 7.73. The molecule has 1 atom stereocenters. The number of hydrogen-bond donors (Lipinski definition) is 1. The van der Waals surface area contributed by atoms with Gasteiger partial charge in [0.2, 0.25) is 0 Å². The molecule has 1 N–H and O–H groups in total. The Hall–Kier alpha value is -1.25. The highest BCUT2D eigenvalue weighted by Gasteiger charge is 2.13. The zero-order valence-corrected chi connectivity index (χ0v) is 17.0. The Kier molecular flexibility index (Phi) is 10.5. The van der Waals surface area contributed by atoms with E-state index in [1.165, 1.54) is 16.8 Å². The van der Waals surface area contributed by atoms with Gasteiger partial charge in [-0.15, -0.1) is 0 Å². The Balaban J connectivity index is 1.82. The first kappa shape index (κ1) is 21.1. The van der Waals surface area contributed by atoms with Gasteiger partial charge in [0.05, 0.1) is 6.61 Å². The molecule has 0 spiro atoms. The molecule has 0 aliphatic rings. The van der Waals surface area contributed by atoms with E-state index >= 15 is 0 Å². The van der Waals surface area contributed by atoms with Gasteiger partial charge in [0, 0.05) is 12.6 Å². The van der Waals surface area contributed by atoms with Crippen LogP contribution in [-0.4, -0.2) is 38.8 Å². The fraction of sp³-hybridized carbons (Fsp3) is 0.455. The van der Waals surface area contributed by atoms with Crippen LogP contribution >= 0.6 is 7.92 Å². The van der Waals surface area contributed by atoms with Gasteiger partial charge in [-0.3, -0.25) is 0 Å². The molecule has 2 aromatic rings. The molecular weight excluding hydrogens is 341 g/mol. The van der Waals surface area contributed by atoms with E-state index in [4.69, 9.17) is 9.47 Å². The lowest BCUT2D eigenvalue weighted by Gasteiger charge is -2.20. The lowest BCUT2D eigenvalue weighted by atomic mass is 10.2. The molecule has 26 heavy (non-hydrogen) atoms. The van der Waals surface area contributed by atoms with Crippen LogP contribution in [0.15, 0.2) is 60.7 Å². The molecule has 1 unspecified atom stereocenters. The van der Waals surface area contributed by atoms with E-state index in [1.54, 1.807) is 0 Å². The van der Waals surface area contributed by atoms with Gasteiger partial charge in [0.1, 0.15) is 6.79 Å². The van der Waals surface area contributed by atoms with Crippen molar-refractivity contribution in [3.8, 4) is 0 Å². The van der Waals surface area contributed by atoms with Gasteiger partial charge in [0.25, 0.3) is 0 Å². The molecule has 0 saturated heterocycles. The minimum absolute atomic E-state index is 0.293. The summed E-state index contributed by atoms with van der Waals surface area (Å²) in [5, 5.41) is 6.55. The predicted octanol–water partition coefficient (Wildman–Crippen LogP) is 3.89. The van der Waals surface area contributed by atoms with Crippen LogP contribution in [0.1, 0.15) is 26.7 Å². The SMILES string of the molecule is CCOCOCC(CC)NCCCP(c1ccccc1)c1ccccc1. The van der Waals surface area contributed by atoms with Crippen molar-refractivity contribution in [2.75, 3.05) is 32.7 Å². The van der Waals surface area contributed by atoms with Crippen LogP contribution in [0.3, 0.4) is 0 Å². The average molecular weight is 373 g/mol. The molecule has 0 heterocycles. The first-order valence-corrected chi connectivity index (χ1v) is 11.1. The number of ether oxygens (including phenoxy) is 2. The van der Waals surface area contributed by atoms with Gasteiger partial charge in [0.15, 0.2) is 0 Å². The van der Waals surface area contributed by atoms with E-state index < -0.39 is 0 Å². The molecule has 0 radical (unpaired) electrons. The summed E-state index contributed by atoms with van der Waals surface area (Å²) in [6.45, 7) is 7.01. The first-order valence-electron chi connectivity index (χ1n) is 9.61. The summed E-state index contributed by atoms with van der Waals surface area (Å²) in [6, 6.07) is 22.2. The maximum Gasteiger partial charge on any atom is 0.146 e. The summed E-state index contributed by atoms with van der Waals surface area (Å²) < 4.78 is 10.8. The first-order chi connectivity index (χ1) is 12.8. The van der Waals surface area contributed by atoms with Crippen LogP contribution in [-0.2, 0) is 9.47 Å². The van der Waals surface area contributed by atoms with Crippen molar-refractivity contribution in [1.82, 2.24) is 5.32 Å². The molecule has 2 rings (SSSR count). The molecule has 4 heteroatoms. The molecular formula is C22H32NO2P. The van der Waals surface area contributed by atoms with Crippen LogP contribution in [0.2, 0.25) is 0 Å². The fourth-order valence-corrected chi connectivity index (χ4v) is 5.17. The predicted molar refractivity (Wildman–Crippen MR) is 113 cm³/mol. The van der Waals surface area contributed by atoms with Crippen molar-refractivity contribution in [1.29, 1.82) is 0 Å². The minimum atomic E-state index is -0.293. The molecule has 0 aliphatic heterocycles. The monoisotopic (exact) mass is 373 g/mol. The summed E-state index contributed by atoms with van der Waals surface area (Å²) in [5.41, 5.74) is 0. The highest BCUT2D eigenvalue weighted by Crippen LogP contribution is 2.33. The van der Waals surface area contributed by atoms with E-state index in [1.807, 2.05) is 6.92 Å². The fourth-order valence-electron chi connectivity index (χ4n) is 2.82. The normalized spacial score (nSPS) is 12.4. The van der Waals surface area contributed by atoms with Gasteiger partial charge in [-0.2, -0.15) is 0 Å². The van der Waals surface area contributed by atoms with Gasteiger partial charge in [-0.1, -0.05) is 67.6 Å². The standard InChI is InChI=1S/C22H32NO2P/c1-3-20(18-25-19-24-4-2)23-16-11-17-26(21-12-7-5-8-13-21)22-14-9-6-10-15-22/h5-10,12-15,20,23H,3-4,11,16-19H2,1-2H3. The summed E-state index contributed by atoms with van der Waals surface area (Å²) >= 11 is 0. The quantitative estimate of drug-likeness (QED) is 0.328. The van der Waals surface area contributed by atoms with E-state index in [2.05, 4.69) is 72.9 Å². The molecule has 2 aromatic carbocycles. The van der Waals surface area contributed by atoms with Crippen molar-refractivity contribution < 1.29 is 9.47 Å². The Morgan fingerprint density at radius 3 is 2.04 bits per heavy atom. The van der Waals surface area contributed by atoms with Gasteiger partial charge in [-0.25, -0.2) is 0 Å². The molecule has 0 fully saturated rings. The van der Waals surface area contributed by atoms with Crippen LogP contribution in [0.4, 0.5) is 0 Å². The van der Waals surface area contributed by atoms with E-state index in [0.717, 1.165) is 19.4 Å². The maximum atomic E-state index is 5.56. The maximum absolute atomic E-state index is 5.56. The van der Waals surface area contributed by atoms with Crippen molar-refractivity contribution in [3.05, 3.63) is 60.7 Å². The molecule has 3 nitrogen and oxygen atoms in total. The van der Waals surface area contributed by atoms with Gasteiger partial charge < -0.3 is 14.8 Å². The Morgan fingerprint density at radius 1 is 0.885 bits per heavy atom. The van der Waals surface area contributed by atoms with Crippen LogP contribution in [0.25, 0.3) is 0 Å². The second-order valence-corrected chi connectivity index (χ2v) is 8.55. The highest BCUT2D eigenvalue weighted by atomic mass is 31.1. The van der Waals surface area contributed by atoms with E-state index in [-0.39, 0.29) is 7.92 Å². The third-order valence-corrected chi connectivity index (χ3v) is 6.92. The van der Waals surface area contributed by atoms with Crippen molar-refractivity contribution >= 4 is 18.5 Å². The second-order valence-electron chi connectivity index (χ2n) is 6.22.